The van der Waals surface area contributed by atoms with Crippen molar-refractivity contribution in [1.82, 2.24) is 15.2 Å². The monoisotopic (exact) mass is 405 g/mol. The molecule has 3 rings (SSSR count). The molecule has 28 heavy (non-hydrogen) atoms. The molecular formula is C18H19N3O6S. The number of pyridine rings is 1. The number of nitrogens with one attached hydrogen (secondary N) is 1. The minimum Gasteiger partial charge on any atom is -0.480 e. The maximum atomic E-state index is 12.2. The Bertz CT molecular complexity index is 856. The van der Waals surface area contributed by atoms with Crippen LogP contribution in [-0.2, 0) is 14.4 Å². The highest BCUT2D eigenvalue weighted by atomic mass is 32.2. The lowest BCUT2D eigenvalue weighted by Crippen LogP contribution is -2.58. The molecule has 3 N–H and O–H groups in total. The van der Waals surface area contributed by atoms with Crippen LogP contribution in [0.2, 0.25) is 0 Å². The van der Waals surface area contributed by atoms with Gasteiger partial charge in [0, 0.05) is 35.0 Å². The summed E-state index contributed by atoms with van der Waals surface area (Å²) in [5.74, 6) is -3.45. The van der Waals surface area contributed by atoms with Crippen molar-refractivity contribution >= 4 is 35.5 Å². The van der Waals surface area contributed by atoms with E-state index in [1.54, 1.807) is 0 Å². The fraction of sp³-hybridized carbons (Fsp3) is 0.389. The van der Waals surface area contributed by atoms with Crippen LogP contribution >= 0.6 is 11.8 Å². The van der Waals surface area contributed by atoms with Crippen LogP contribution in [0.5, 0.6) is 0 Å². The second-order valence-corrected chi connectivity index (χ2v) is 7.60. The molecule has 148 valence electrons. The van der Waals surface area contributed by atoms with E-state index in [-0.39, 0.29) is 34.9 Å². The van der Waals surface area contributed by atoms with Crippen molar-refractivity contribution < 1.29 is 29.4 Å². The van der Waals surface area contributed by atoms with Gasteiger partial charge >= 0.3 is 11.9 Å². The average Bonchev–Trinajstić information content (AvgIpc) is 3.01. The molecule has 3 heterocycles. The van der Waals surface area contributed by atoms with Crippen LogP contribution in [0, 0.1) is 5.92 Å². The fourth-order valence-electron chi connectivity index (χ4n) is 3.43. The predicted octanol–water partition coefficient (Wildman–Crippen LogP) is 0.935. The molecule has 0 aliphatic carbocycles. The number of fused-ring (bicyclic) bond motifs is 1. The number of aromatic nitrogens is 1. The Kier molecular flexibility index (Phi) is 5.68. The number of hydrogen-bond donors (Lipinski definition) is 3. The number of β-lactam (4-membered cyclic amide) rings is 1. The van der Waals surface area contributed by atoms with Gasteiger partial charge in [-0.05, 0) is 18.6 Å². The molecule has 0 unspecified atom stereocenters. The van der Waals surface area contributed by atoms with Crippen LogP contribution in [-0.4, -0.2) is 61.7 Å². The van der Waals surface area contributed by atoms with Gasteiger partial charge in [0.05, 0.1) is 12.0 Å². The third kappa shape index (κ3) is 3.59. The zero-order chi connectivity index (χ0) is 20.4. The lowest BCUT2D eigenvalue weighted by atomic mass is 9.85. The van der Waals surface area contributed by atoms with Gasteiger partial charge in [0.1, 0.15) is 11.7 Å². The molecule has 1 saturated heterocycles. The quantitative estimate of drug-likeness (QED) is 0.543. The van der Waals surface area contributed by atoms with Gasteiger partial charge in [-0.25, -0.2) is 9.59 Å². The molecule has 10 heteroatoms. The van der Waals surface area contributed by atoms with Gasteiger partial charge in [0.2, 0.25) is 5.91 Å². The number of hydrogen-bond acceptors (Lipinski definition) is 6. The summed E-state index contributed by atoms with van der Waals surface area (Å²) in [5.41, 5.74) is 0.201. The summed E-state index contributed by atoms with van der Waals surface area (Å²) in [6.45, 7) is 1.88. The van der Waals surface area contributed by atoms with Crippen molar-refractivity contribution in [2.75, 3.05) is 5.75 Å². The van der Waals surface area contributed by atoms with Crippen molar-refractivity contribution in [1.29, 1.82) is 0 Å². The molecule has 2 aliphatic heterocycles. The number of carbonyl (C=O) groups is 4. The molecule has 3 atom stereocenters. The normalized spacial score (nSPS) is 21.8. The predicted molar refractivity (Wildman–Crippen MR) is 99.3 cm³/mol. The molecule has 0 bridgehead atoms. The largest absolute Gasteiger partial charge is 0.480 e. The number of carboxylic acid groups (broad SMARTS) is 2. The second kappa shape index (κ2) is 8.01. The highest BCUT2D eigenvalue weighted by Crippen LogP contribution is 2.46. The fourth-order valence-corrected chi connectivity index (χ4v) is 4.64. The topological polar surface area (TPSA) is 137 Å². The van der Waals surface area contributed by atoms with E-state index >= 15 is 0 Å². The van der Waals surface area contributed by atoms with Crippen LogP contribution in [0.1, 0.15) is 30.1 Å². The molecule has 2 amide bonds. The van der Waals surface area contributed by atoms with Crippen molar-refractivity contribution in [3.63, 3.8) is 0 Å². The molecule has 0 aromatic carbocycles. The van der Waals surface area contributed by atoms with Gasteiger partial charge in [-0.1, -0.05) is 6.92 Å². The van der Waals surface area contributed by atoms with Gasteiger partial charge in [-0.3, -0.25) is 14.6 Å². The molecule has 0 spiro atoms. The minimum atomic E-state index is -1.23. The number of carboxylic acids is 2. The first-order chi connectivity index (χ1) is 13.3. The zero-order valence-electron chi connectivity index (χ0n) is 15.0. The summed E-state index contributed by atoms with van der Waals surface area (Å²) >= 11 is 1.05. The number of amides is 2. The summed E-state index contributed by atoms with van der Waals surface area (Å²) in [6.07, 6.45) is 3.87. The highest BCUT2D eigenvalue weighted by molar-refractivity contribution is 8.03. The van der Waals surface area contributed by atoms with E-state index in [4.69, 9.17) is 0 Å². The van der Waals surface area contributed by atoms with Crippen molar-refractivity contribution in [2.24, 2.45) is 5.92 Å². The van der Waals surface area contributed by atoms with E-state index in [9.17, 15) is 29.4 Å². The molecule has 1 fully saturated rings. The summed E-state index contributed by atoms with van der Waals surface area (Å²) in [6, 6.07) is 1.54. The molecule has 9 nitrogen and oxygen atoms in total. The molecule has 0 radical (unpaired) electrons. The number of rotatable bonds is 8. The lowest BCUT2D eigenvalue weighted by Gasteiger charge is -2.42. The first-order valence-corrected chi connectivity index (χ1v) is 9.69. The van der Waals surface area contributed by atoms with Gasteiger partial charge in [0.15, 0.2) is 0 Å². The maximum Gasteiger partial charge on any atom is 0.353 e. The maximum absolute atomic E-state index is 12.2. The number of thioether (sulfide) groups is 1. The van der Waals surface area contributed by atoms with Gasteiger partial charge in [-0.15, -0.1) is 11.8 Å². The Morgan fingerprint density at radius 1 is 1.32 bits per heavy atom. The Morgan fingerprint density at radius 3 is 2.57 bits per heavy atom. The molecule has 2 aliphatic rings. The second-order valence-electron chi connectivity index (χ2n) is 6.48. The van der Waals surface area contributed by atoms with Crippen molar-refractivity contribution in [3.05, 3.63) is 40.7 Å². The van der Waals surface area contributed by atoms with E-state index in [2.05, 4.69) is 10.3 Å². The van der Waals surface area contributed by atoms with E-state index < -0.39 is 23.9 Å². The van der Waals surface area contributed by atoms with Gasteiger partial charge < -0.3 is 20.4 Å². The van der Waals surface area contributed by atoms with E-state index in [1.165, 1.54) is 29.4 Å². The number of nitrogens with zero attached hydrogens (tertiary/aromatic N) is 2. The van der Waals surface area contributed by atoms with Crippen LogP contribution in [0.25, 0.3) is 0 Å². The number of carbonyl (C=O) groups excluding carboxylic acids is 2. The van der Waals surface area contributed by atoms with E-state index in [0.29, 0.717) is 17.7 Å². The Balaban J connectivity index is 1.70. The standard InChI is InChI=1S/C18H19N3O6S/c1-2-10-12-7-13(14(18(26)27)21(12)16(10)23)28-8-11(17(24)25)20-15(22)9-3-5-19-6-4-9/h3-6,10-12H,2,7-8H2,1H3,(H,20,22)(H,24,25)(H,26,27)/t10-,11-,12-/m1/s1. The smallest absolute Gasteiger partial charge is 0.353 e. The first kappa shape index (κ1) is 19.9. The molecular weight excluding hydrogens is 386 g/mol. The first-order valence-electron chi connectivity index (χ1n) is 8.71. The number of aliphatic carboxylic acids is 2. The summed E-state index contributed by atoms with van der Waals surface area (Å²) < 4.78 is 0. The van der Waals surface area contributed by atoms with E-state index in [0.717, 1.165) is 11.8 Å². The van der Waals surface area contributed by atoms with Gasteiger partial charge in [-0.2, -0.15) is 0 Å². The molecule has 1 aromatic rings. The SMILES string of the molecule is CC[C@H]1C(=O)N2C(C(=O)O)=C(SC[C@@H](NC(=O)c3ccncc3)C(=O)O)C[C@H]12. The molecule has 1 aromatic heterocycles. The van der Waals surface area contributed by atoms with Crippen LogP contribution < -0.4 is 5.32 Å². The highest BCUT2D eigenvalue weighted by Gasteiger charge is 2.54. The van der Waals surface area contributed by atoms with E-state index in [1.807, 2.05) is 6.92 Å². The Hall–Kier alpha value is -2.88. The molecule has 0 saturated carbocycles. The zero-order valence-corrected chi connectivity index (χ0v) is 15.8. The minimum absolute atomic E-state index is 0.0518. The Morgan fingerprint density at radius 2 is 2.00 bits per heavy atom. The summed E-state index contributed by atoms with van der Waals surface area (Å²) in [5, 5.41) is 21.3. The van der Waals surface area contributed by atoms with Crippen LogP contribution in [0.4, 0.5) is 0 Å². The third-order valence-corrected chi connectivity index (χ3v) is 6.07. The van der Waals surface area contributed by atoms with Crippen LogP contribution in [0.15, 0.2) is 35.1 Å². The average molecular weight is 405 g/mol. The van der Waals surface area contributed by atoms with Crippen molar-refractivity contribution in [3.8, 4) is 0 Å². The van der Waals surface area contributed by atoms with Gasteiger partial charge in [0.25, 0.3) is 5.91 Å². The lowest BCUT2D eigenvalue weighted by molar-refractivity contribution is -0.155. The van der Waals surface area contributed by atoms with Crippen LogP contribution in [0.3, 0.4) is 0 Å². The third-order valence-electron chi connectivity index (χ3n) is 4.86. The summed E-state index contributed by atoms with van der Waals surface area (Å²) in [4.78, 5) is 53.1. The summed E-state index contributed by atoms with van der Waals surface area (Å²) in [7, 11) is 0. The Labute approximate surface area is 164 Å². The van der Waals surface area contributed by atoms with Crippen molar-refractivity contribution in [2.45, 2.75) is 31.8 Å².